The standard InChI is InChI=1S/C24H46O3.3CO.Fe/c1-2-3-4-5-6-7-8-9-10-11-12-13-14-16-19-24(27-23-22-26)20-17-15-18-21-25;3*1-2;/h15,17-18,20,24-26H,2-14,16,19,21-23H2,1H3;;;;/t24-;;;;/m1..../s1. The molecule has 0 amide bonds. The molecular formula is C27H46FeO6. The van der Waals surface area contributed by atoms with Crippen LogP contribution in [0, 0.1) is 45.6 Å². The maximum absolute atomic E-state index is 8.92. The monoisotopic (exact) mass is 522 g/mol. The van der Waals surface area contributed by atoms with Crippen molar-refractivity contribution < 1.29 is 46.0 Å². The van der Waals surface area contributed by atoms with Crippen LogP contribution in [0.5, 0.6) is 0 Å². The quantitative estimate of drug-likeness (QED) is 0.0751. The summed E-state index contributed by atoms with van der Waals surface area (Å²) in [6, 6.07) is 0. The molecule has 0 rings (SSSR count). The van der Waals surface area contributed by atoms with Gasteiger partial charge in [-0.25, -0.2) is 0 Å². The first kappa shape index (κ1) is 43.7. The Bertz CT molecular complexity index is 360. The summed E-state index contributed by atoms with van der Waals surface area (Å²) >= 11 is 0. The number of aliphatic hydroxyl groups excluding tert-OH is 2. The SMILES string of the molecule is CCCCCCCCCCCCCCCC[C@H]([CH][CH][CH][CH]CO)OCCO.[C-]#[O+].[C-]#[O+].[C-]#[O+].[Fe]. The first-order valence-electron chi connectivity index (χ1n) is 12.1. The second kappa shape index (κ2) is 49.7. The molecule has 6 nitrogen and oxygen atoms in total. The molecule has 0 aromatic carbocycles. The fourth-order valence-electron chi connectivity index (χ4n) is 3.31. The van der Waals surface area contributed by atoms with Crippen molar-refractivity contribution in [3.8, 4) is 0 Å². The van der Waals surface area contributed by atoms with E-state index in [9.17, 15) is 0 Å². The van der Waals surface area contributed by atoms with Crippen molar-refractivity contribution >= 4 is 0 Å². The Morgan fingerprint density at radius 3 is 1.47 bits per heavy atom. The summed E-state index contributed by atoms with van der Waals surface area (Å²) in [6.45, 7) is 16.3. The van der Waals surface area contributed by atoms with Gasteiger partial charge in [0.05, 0.1) is 19.3 Å². The minimum Gasteiger partial charge on any atom is 0 e. The third-order valence-electron chi connectivity index (χ3n) is 4.94. The first-order valence-corrected chi connectivity index (χ1v) is 12.1. The second-order valence-electron chi connectivity index (χ2n) is 7.51. The minimum absolute atomic E-state index is 0. The van der Waals surface area contributed by atoms with Crippen LogP contribution < -0.4 is 0 Å². The van der Waals surface area contributed by atoms with Crippen LogP contribution in [0.2, 0.25) is 0 Å². The fourth-order valence-corrected chi connectivity index (χ4v) is 3.31. The Balaban J connectivity index is -0.000000368. The van der Waals surface area contributed by atoms with Gasteiger partial charge in [-0.2, -0.15) is 0 Å². The zero-order valence-corrected chi connectivity index (χ0v) is 22.1. The molecule has 4 radical (unpaired) electrons. The Hall–Kier alpha value is -0.381. The summed E-state index contributed by atoms with van der Waals surface area (Å²) in [5, 5.41) is 17.7. The smallest absolute Gasteiger partial charge is 0 e. The van der Waals surface area contributed by atoms with Gasteiger partial charge >= 0.3 is 33.9 Å². The van der Waals surface area contributed by atoms with Crippen molar-refractivity contribution in [3.63, 3.8) is 0 Å². The molecule has 0 heterocycles. The van der Waals surface area contributed by atoms with Gasteiger partial charge in [-0.1, -0.05) is 96.8 Å². The first-order chi connectivity index (χ1) is 16.3. The van der Waals surface area contributed by atoms with E-state index >= 15 is 0 Å². The van der Waals surface area contributed by atoms with Crippen LogP contribution in [0.3, 0.4) is 0 Å². The van der Waals surface area contributed by atoms with E-state index in [-0.39, 0.29) is 36.4 Å². The third-order valence-corrected chi connectivity index (χ3v) is 4.94. The molecule has 0 bridgehead atoms. The fraction of sp³-hybridized carbons (Fsp3) is 0.741. The zero-order valence-electron chi connectivity index (χ0n) is 21.0. The molecule has 0 spiro atoms. The van der Waals surface area contributed by atoms with E-state index in [1.807, 2.05) is 19.3 Å². The maximum atomic E-state index is 8.92. The maximum Gasteiger partial charge on any atom is 0 e. The van der Waals surface area contributed by atoms with Crippen molar-refractivity contribution in [2.75, 3.05) is 19.8 Å². The molecule has 0 saturated carbocycles. The Morgan fingerprint density at radius 1 is 0.676 bits per heavy atom. The summed E-state index contributed by atoms with van der Waals surface area (Å²) in [6.07, 6.45) is 27.7. The summed E-state index contributed by atoms with van der Waals surface area (Å²) in [7, 11) is 0. The minimum atomic E-state index is 0. The zero-order chi connectivity index (χ0) is 25.8. The average Bonchev–Trinajstić information content (AvgIpc) is 2.88. The topological polar surface area (TPSA) is 109 Å². The molecule has 0 aliphatic carbocycles. The van der Waals surface area contributed by atoms with Gasteiger partial charge in [0.25, 0.3) is 0 Å². The number of ether oxygens (including phenoxy) is 1. The van der Waals surface area contributed by atoms with Crippen LogP contribution in [0.25, 0.3) is 0 Å². The van der Waals surface area contributed by atoms with Crippen LogP contribution in [0.15, 0.2) is 0 Å². The van der Waals surface area contributed by atoms with E-state index in [0.29, 0.717) is 6.61 Å². The average molecular weight is 523 g/mol. The number of rotatable bonds is 23. The molecule has 0 aliphatic rings. The molecule has 0 saturated heterocycles. The van der Waals surface area contributed by atoms with E-state index in [1.54, 1.807) is 6.42 Å². The van der Waals surface area contributed by atoms with Crippen molar-refractivity contribution in [1.82, 2.24) is 0 Å². The molecule has 1 atom stereocenters. The van der Waals surface area contributed by atoms with Gasteiger partial charge in [-0.15, -0.1) is 0 Å². The summed E-state index contributed by atoms with van der Waals surface area (Å²) in [5.41, 5.74) is 0. The summed E-state index contributed by atoms with van der Waals surface area (Å²) in [5.74, 6) is 0. The van der Waals surface area contributed by atoms with E-state index < -0.39 is 0 Å². The van der Waals surface area contributed by atoms with Crippen LogP contribution in [0.1, 0.15) is 103 Å². The number of hydrogen-bond acceptors (Lipinski definition) is 3. The van der Waals surface area contributed by atoms with Gasteiger partial charge < -0.3 is 14.9 Å². The molecule has 0 aromatic heterocycles. The van der Waals surface area contributed by atoms with Crippen molar-refractivity contribution in [3.05, 3.63) is 45.6 Å². The Labute approximate surface area is 220 Å². The largest absolute Gasteiger partial charge is 0 e. The van der Waals surface area contributed by atoms with Gasteiger partial charge in [0.15, 0.2) is 0 Å². The normalized spacial score (nSPS) is 10.1. The van der Waals surface area contributed by atoms with Gasteiger partial charge in [-0.3, -0.25) is 0 Å². The summed E-state index contributed by atoms with van der Waals surface area (Å²) < 4.78 is 28.2. The van der Waals surface area contributed by atoms with Gasteiger partial charge in [0.2, 0.25) is 0 Å². The van der Waals surface area contributed by atoms with E-state index in [1.165, 1.54) is 89.9 Å². The van der Waals surface area contributed by atoms with Crippen molar-refractivity contribution in [1.29, 1.82) is 0 Å². The van der Waals surface area contributed by atoms with E-state index in [4.69, 9.17) is 28.9 Å². The third kappa shape index (κ3) is 45.2. The molecular weight excluding hydrogens is 476 g/mol. The molecule has 0 unspecified atom stereocenters. The number of aliphatic hydroxyl groups is 2. The molecule has 198 valence electrons. The predicted octanol–water partition coefficient (Wildman–Crippen LogP) is 5.93. The van der Waals surface area contributed by atoms with E-state index in [2.05, 4.69) is 26.9 Å². The summed E-state index contributed by atoms with van der Waals surface area (Å²) in [4.78, 5) is 0. The molecule has 34 heavy (non-hydrogen) atoms. The molecule has 7 heteroatoms. The molecule has 2 N–H and O–H groups in total. The molecule has 0 fully saturated rings. The second-order valence-corrected chi connectivity index (χ2v) is 7.51. The molecule has 0 aromatic rings. The van der Waals surface area contributed by atoms with Crippen molar-refractivity contribution in [2.45, 2.75) is 109 Å². The molecule has 0 aliphatic heterocycles. The van der Waals surface area contributed by atoms with E-state index in [0.717, 1.165) is 6.42 Å². The predicted molar refractivity (Wildman–Crippen MR) is 128 cm³/mol. The van der Waals surface area contributed by atoms with Crippen LogP contribution in [0.4, 0.5) is 0 Å². The number of unbranched alkanes of at least 4 members (excludes halogenated alkanes) is 15. The van der Waals surface area contributed by atoms with Crippen LogP contribution in [-0.4, -0.2) is 36.1 Å². The van der Waals surface area contributed by atoms with Gasteiger partial charge in [0, 0.05) is 23.7 Å². The van der Waals surface area contributed by atoms with Crippen LogP contribution in [-0.2, 0) is 35.8 Å². The Kier molecular flexibility index (Phi) is 63.8. The van der Waals surface area contributed by atoms with Crippen molar-refractivity contribution in [2.24, 2.45) is 0 Å². The van der Waals surface area contributed by atoms with Crippen LogP contribution >= 0.6 is 0 Å². The van der Waals surface area contributed by atoms with Gasteiger partial charge in [0.1, 0.15) is 0 Å². The number of hydrogen-bond donors (Lipinski definition) is 2. The van der Waals surface area contributed by atoms with Gasteiger partial charge in [-0.05, 0) is 32.1 Å². The Morgan fingerprint density at radius 2 is 1.09 bits per heavy atom.